The fourth-order valence-electron chi connectivity index (χ4n) is 3.24. The average Bonchev–Trinajstić information content (AvgIpc) is 2.65. The molecule has 140 valence electrons. The average molecular weight is 357 g/mol. The van der Waals surface area contributed by atoms with E-state index in [-0.39, 0.29) is 12.0 Å². The van der Waals surface area contributed by atoms with Gasteiger partial charge >= 0.3 is 0 Å². The third-order valence-corrected chi connectivity index (χ3v) is 4.49. The van der Waals surface area contributed by atoms with Gasteiger partial charge in [-0.05, 0) is 61.9 Å². The Morgan fingerprint density at radius 3 is 2.96 bits per heavy atom. The largest absolute Gasteiger partial charge is 0.493 e. The summed E-state index contributed by atoms with van der Waals surface area (Å²) in [6.07, 6.45) is 7.97. The third kappa shape index (κ3) is 6.07. The number of guanidine groups is 1. The lowest BCUT2D eigenvalue weighted by atomic mass is 9.86. The van der Waals surface area contributed by atoms with Crippen molar-refractivity contribution in [2.75, 3.05) is 13.2 Å². The molecule has 0 aliphatic heterocycles. The van der Waals surface area contributed by atoms with Gasteiger partial charge in [0.05, 0.1) is 12.6 Å². The molecule has 1 aliphatic carbocycles. The molecule has 2 rings (SSSR count). The monoisotopic (exact) mass is 357 g/mol. The number of nitrogens with two attached hydrogens (primary N) is 2. The van der Waals surface area contributed by atoms with E-state index in [0.717, 1.165) is 49.5 Å². The van der Waals surface area contributed by atoms with Crippen LogP contribution >= 0.6 is 0 Å². The number of nitrogens with one attached hydrogen (secondary N) is 1. The van der Waals surface area contributed by atoms with Crippen molar-refractivity contribution in [1.29, 1.82) is 5.41 Å². The second-order valence-corrected chi connectivity index (χ2v) is 6.45. The predicted octanol–water partition coefficient (Wildman–Crippen LogP) is 1.97. The van der Waals surface area contributed by atoms with Crippen molar-refractivity contribution in [2.45, 2.75) is 38.1 Å². The minimum atomic E-state index is 0.144. The maximum atomic E-state index is 11.1. The van der Waals surface area contributed by atoms with Gasteiger partial charge in [-0.1, -0.05) is 6.42 Å². The van der Waals surface area contributed by atoms with Gasteiger partial charge in [0.2, 0.25) is 5.96 Å². The van der Waals surface area contributed by atoms with Crippen LogP contribution in [0, 0.1) is 11.3 Å². The van der Waals surface area contributed by atoms with Gasteiger partial charge in [0.15, 0.2) is 0 Å². The molecule has 1 saturated carbocycles. The molecule has 7 nitrogen and oxygen atoms in total. The lowest BCUT2D eigenvalue weighted by Crippen LogP contribution is -2.25. The van der Waals surface area contributed by atoms with Crippen LogP contribution in [0.4, 0.5) is 0 Å². The molecule has 2 atom stereocenters. The van der Waals surface area contributed by atoms with Gasteiger partial charge in [-0.2, -0.15) is 0 Å². The number of rotatable bonds is 8. The Kier molecular flexibility index (Phi) is 7.95. The molecule has 1 fully saturated rings. The highest BCUT2D eigenvalue weighted by atomic mass is 16.5. The first kappa shape index (κ1) is 19.8. The number of hydrogen-bond acceptors (Lipinski definition) is 5. The Bertz CT molecular complexity index is 672. The Balaban J connectivity index is 1.92. The summed E-state index contributed by atoms with van der Waals surface area (Å²) in [6.45, 7) is 1.10. The minimum Gasteiger partial charge on any atom is -0.493 e. The molecular weight excluding hydrogens is 330 g/mol. The number of nitrogens with zero attached hydrogens (tertiary/aromatic N) is 2. The van der Waals surface area contributed by atoms with Gasteiger partial charge in [0.25, 0.3) is 0 Å². The molecule has 7 heteroatoms. The molecule has 1 aromatic carbocycles. The molecular formula is C19H27N5O2. The van der Waals surface area contributed by atoms with Crippen LogP contribution in [0.5, 0.6) is 5.75 Å². The summed E-state index contributed by atoms with van der Waals surface area (Å²) in [5, 5.41) is 6.92. The summed E-state index contributed by atoms with van der Waals surface area (Å²) >= 11 is 0. The lowest BCUT2D eigenvalue weighted by molar-refractivity contribution is 0.112. The Labute approximate surface area is 154 Å². The van der Waals surface area contributed by atoms with E-state index in [4.69, 9.17) is 21.6 Å². The topological polar surface area (TPSA) is 127 Å². The normalized spacial score (nSPS) is 20.9. The quantitative estimate of drug-likeness (QED) is 0.373. The van der Waals surface area contributed by atoms with Gasteiger partial charge in [0.1, 0.15) is 12.0 Å². The second-order valence-electron chi connectivity index (χ2n) is 6.45. The van der Waals surface area contributed by atoms with Gasteiger partial charge < -0.3 is 21.6 Å². The van der Waals surface area contributed by atoms with Gasteiger partial charge in [-0.25, -0.2) is 9.98 Å². The molecule has 26 heavy (non-hydrogen) atoms. The summed E-state index contributed by atoms with van der Waals surface area (Å²) < 4.78 is 5.95. The van der Waals surface area contributed by atoms with Crippen LogP contribution in [0.3, 0.4) is 0 Å². The zero-order valence-corrected chi connectivity index (χ0v) is 14.9. The molecule has 0 spiro atoms. The molecule has 0 heterocycles. The minimum absolute atomic E-state index is 0.144. The van der Waals surface area contributed by atoms with Gasteiger partial charge in [0, 0.05) is 18.0 Å². The van der Waals surface area contributed by atoms with E-state index in [1.54, 1.807) is 6.07 Å². The maximum Gasteiger partial charge on any atom is 0.215 e. The molecule has 0 aromatic heterocycles. The molecule has 0 bridgehead atoms. The first-order valence-electron chi connectivity index (χ1n) is 8.93. The molecule has 0 saturated heterocycles. The van der Waals surface area contributed by atoms with Crippen LogP contribution in [0.25, 0.3) is 0 Å². The van der Waals surface area contributed by atoms with E-state index in [9.17, 15) is 4.79 Å². The number of hydrogen-bond donors (Lipinski definition) is 3. The van der Waals surface area contributed by atoms with Crippen LogP contribution in [0.2, 0.25) is 0 Å². The highest BCUT2D eigenvalue weighted by Crippen LogP contribution is 2.27. The van der Waals surface area contributed by atoms with E-state index in [2.05, 4.69) is 9.98 Å². The number of carbonyl (C=O) groups excluding carboxylic acids is 1. The van der Waals surface area contributed by atoms with Crippen molar-refractivity contribution in [3.8, 4) is 5.75 Å². The van der Waals surface area contributed by atoms with Crippen molar-refractivity contribution >= 4 is 24.7 Å². The molecule has 0 amide bonds. The Morgan fingerprint density at radius 1 is 1.38 bits per heavy atom. The lowest BCUT2D eigenvalue weighted by Gasteiger charge is -2.26. The van der Waals surface area contributed by atoms with Crippen LogP contribution in [0.15, 0.2) is 28.2 Å². The van der Waals surface area contributed by atoms with E-state index in [1.165, 1.54) is 6.21 Å². The summed E-state index contributed by atoms with van der Waals surface area (Å²) in [6, 6.07) is 5.65. The first-order chi connectivity index (χ1) is 12.7. The third-order valence-electron chi connectivity index (χ3n) is 4.49. The van der Waals surface area contributed by atoms with Crippen molar-refractivity contribution in [2.24, 2.45) is 27.4 Å². The van der Waals surface area contributed by atoms with Crippen molar-refractivity contribution in [1.82, 2.24) is 0 Å². The van der Waals surface area contributed by atoms with Crippen LogP contribution in [0.1, 0.15) is 41.6 Å². The fraction of sp³-hybridized carbons (Fsp3) is 0.474. The SMILES string of the molecule is N=C/C=N\C(N)=NC1CCCC(COc2ccc(C=O)c(CCN)c2)C1. The van der Waals surface area contributed by atoms with E-state index in [0.29, 0.717) is 31.1 Å². The van der Waals surface area contributed by atoms with E-state index in [1.807, 2.05) is 12.1 Å². The summed E-state index contributed by atoms with van der Waals surface area (Å²) in [5.74, 6) is 1.39. The first-order valence-corrected chi connectivity index (χ1v) is 8.93. The number of aldehydes is 1. The highest BCUT2D eigenvalue weighted by molar-refractivity contribution is 6.17. The van der Waals surface area contributed by atoms with Gasteiger partial charge in [-0.3, -0.25) is 4.79 Å². The summed E-state index contributed by atoms with van der Waals surface area (Å²) in [4.78, 5) is 19.4. The van der Waals surface area contributed by atoms with E-state index >= 15 is 0 Å². The van der Waals surface area contributed by atoms with Crippen LogP contribution in [-0.4, -0.2) is 43.9 Å². The number of ether oxygens (including phenoxy) is 1. The van der Waals surface area contributed by atoms with Crippen molar-refractivity contribution < 1.29 is 9.53 Å². The molecule has 2 unspecified atom stereocenters. The summed E-state index contributed by atoms with van der Waals surface area (Å²) in [7, 11) is 0. The maximum absolute atomic E-state index is 11.1. The van der Waals surface area contributed by atoms with Gasteiger partial charge in [-0.15, -0.1) is 0 Å². The molecule has 1 aliphatic rings. The second kappa shape index (κ2) is 10.5. The highest BCUT2D eigenvalue weighted by Gasteiger charge is 2.22. The number of carbonyl (C=O) groups is 1. The number of aliphatic imine (C=N–C) groups is 2. The zero-order chi connectivity index (χ0) is 18.8. The smallest absolute Gasteiger partial charge is 0.215 e. The molecule has 5 N–H and O–H groups in total. The fourth-order valence-corrected chi connectivity index (χ4v) is 3.24. The Morgan fingerprint density at radius 2 is 2.23 bits per heavy atom. The van der Waals surface area contributed by atoms with Crippen LogP contribution < -0.4 is 16.2 Å². The van der Waals surface area contributed by atoms with Crippen molar-refractivity contribution in [3.63, 3.8) is 0 Å². The molecule has 1 aromatic rings. The van der Waals surface area contributed by atoms with Crippen LogP contribution in [-0.2, 0) is 6.42 Å². The van der Waals surface area contributed by atoms with Crippen molar-refractivity contribution in [3.05, 3.63) is 29.3 Å². The summed E-state index contributed by atoms with van der Waals surface area (Å²) in [5.41, 5.74) is 12.9. The predicted molar refractivity (Wildman–Crippen MR) is 105 cm³/mol. The van der Waals surface area contributed by atoms with E-state index < -0.39 is 0 Å². The molecule has 0 radical (unpaired) electrons. The Hall–Kier alpha value is -2.54. The zero-order valence-electron chi connectivity index (χ0n) is 14.9. The number of benzene rings is 1. The standard InChI is InChI=1S/C19H27N5O2/c20-7-6-15-11-18(5-4-16(15)12-25)26-13-14-2-1-3-17(10-14)24-19(22)23-9-8-21/h4-5,8-9,11-12,14,17,21H,1-3,6-7,10,13,20H2,(H2,22,24)/b21-8?,23-9-.